The first kappa shape index (κ1) is 17.9. The summed E-state index contributed by atoms with van der Waals surface area (Å²) in [6.45, 7) is 1.38. The van der Waals surface area contributed by atoms with Gasteiger partial charge in [-0.1, -0.05) is 0 Å². The number of amides is 1. The summed E-state index contributed by atoms with van der Waals surface area (Å²) in [7, 11) is 0. The van der Waals surface area contributed by atoms with Crippen molar-refractivity contribution < 1.29 is 27.4 Å². The molecule has 4 rings (SSSR count). The Morgan fingerprint density at radius 3 is 2.93 bits per heavy atom. The third-order valence-corrected chi connectivity index (χ3v) is 4.61. The van der Waals surface area contributed by atoms with Crippen LogP contribution in [0.25, 0.3) is 11.3 Å². The van der Waals surface area contributed by atoms with Gasteiger partial charge in [0.15, 0.2) is 0 Å². The lowest BCUT2D eigenvalue weighted by Gasteiger charge is -2.23. The molecule has 0 radical (unpaired) electrons. The Bertz CT molecular complexity index is 860. The fourth-order valence-electron chi connectivity index (χ4n) is 3.32. The Morgan fingerprint density at radius 2 is 2.19 bits per heavy atom. The SMILES string of the molecule is O=C(NC[C@@H]1COCCO1)c1cc(C(F)(F)F)c2c(n1)CCc1cn[nH]c1-2. The lowest BCUT2D eigenvalue weighted by molar-refractivity contribution is -0.137. The van der Waals surface area contributed by atoms with Crippen molar-refractivity contribution in [3.63, 3.8) is 0 Å². The number of carbonyl (C=O) groups excluding carboxylic acids is 1. The van der Waals surface area contributed by atoms with Crippen LogP contribution in [0.5, 0.6) is 0 Å². The predicted octanol–water partition coefficient (Wildman–Crippen LogP) is 1.73. The number of pyridine rings is 1. The van der Waals surface area contributed by atoms with Crippen LogP contribution in [-0.4, -0.2) is 53.6 Å². The summed E-state index contributed by atoms with van der Waals surface area (Å²) in [5.74, 6) is -0.673. The highest BCUT2D eigenvalue weighted by atomic mass is 19.4. The molecule has 10 heteroatoms. The normalized spacial score (nSPS) is 19.3. The molecule has 1 amide bonds. The second-order valence-electron chi connectivity index (χ2n) is 6.42. The number of nitrogens with one attached hydrogen (secondary N) is 2. The summed E-state index contributed by atoms with van der Waals surface area (Å²) in [5.41, 5.74) is 0.0869. The first-order chi connectivity index (χ1) is 12.9. The lowest BCUT2D eigenvalue weighted by atomic mass is 9.90. The Morgan fingerprint density at radius 1 is 1.33 bits per heavy atom. The Kier molecular flexibility index (Phi) is 4.60. The van der Waals surface area contributed by atoms with Gasteiger partial charge in [0.25, 0.3) is 5.91 Å². The van der Waals surface area contributed by atoms with Gasteiger partial charge in [-0.15, -0.1) is 0 Å². The quantitative estimate of drug-likeness (QED) is 0.844. The second-order valence-corrected chi connectivity index (χ2v) is 6.42. The highest BCUT2D eigenvalue weighted by molar-refractivity contribution is 5.93. The Hall–Kier alpha value is -2.46. The van der Waals surface area contributed by atoms with Gasteiger partial charge in [0.2, 0.25) is 0 Å². The van der Waals surface area contributed by atoms with Crippen LogP contribution in [0.2, 0.25) is 0 Å². The second kappa shape index (κ2) is 6.93. The van der Waals surface area contributed by atoms with Gasteiger partial charge < -0.3 is 14.8 Å². The van der Waals surface area contributed by atoms with E-state index >= 15 is 0 Å². The molecule has 144 valence electrons. The molecular formula is C17H17F3N4O3. The van der Waals surface area contributed by atoms with Crippen LogP contribution < -0.4 is 5.32 Å². The molecule has 2 aromatic heterocycles. The van der Waals surface area contributed by atoms with Crippen molar-refractivity contribution in [1.82, 2.24) is 20.5 Å². The van der Waals surface area contributed by atoms with Gasteiger partial charge in [-0.3, -0.25) is 9.89 Å². The van der Waals surface area contributed by atoms with Gasteiger partial charge in [-0.2, -0.15) is 18.3 Å². The average Bonchev–Trinajstić information content (AvgIpc) is 3.14. The molecule has 0 unspecified atom stereocenters. The van der Waals surface area contributed by atoms with Gasteiger partial charge in [0, 0.05) is 12.1 Å². The monoisotopic (exact) mass is 382 g/mol. The van der Waals surface area contributed by atoms with Crippen molar-refractivity contribution in [2.75, 3.05) is 26.4 Å². The molecule has 1 aliphatic carbocycles. The standard InChI is InChI=1S/C17H17F3N4O3/c18-17(19,20)11-5-13(16(25)21-7-10-8-26-3-4-27-10)23-12-2-1-9-6-22-24-15(9)14(11)12/h5-6,10H,1-4,7-8H2,(H,21,25)(H,22,24)/t10-/m1/s1. The van der Waals surface area contributed by atoms with E-state index in [9.17, 15) is 18.0 Å². The molecule has 1 fully saturated rings. The smallest absolute Gasteiger partial charge is 0.376 e. The van der Waals surface area contributed by atoms with Crippen molar-refractivity contribution in [2.45, 2.75) is 25.1 Å². The van der Waals surface area contributed by atoms with E-state index in [1.165, 1.54) is 6.20 Å². The van der Waals surface area contributed by atoms with E-state index in [1.807, 2.05) is 0 Å². The number of fused-ring (bicyclic) bond motifs is 3. The van der Waals surface area contributed by atoms with Crippen molar-refractivity contribution in [2.24, 2.45) is 0 Å². The van der Waals surface area contributed by atoms with E-state index in [1.54, 1.807) is 0 Å². The minimum Gasteiger partial charge on any atom is -0.376 e. The minimum atomic E-state index is -4.62. The molecular weight excluding hydrogens is 365 g/mol. The number of rotatable bonds is 3. The van der Waals surface area contributed by atoms with E-state index in [2.05, 4.69) is 20.5 Å². The number of aromatic amines is 1. The van der Waals surface area contributed by atoms with Crippen LogP contribution >= 0.6 is 0 Å². The average molecular weight is 382 g/mol. The molecule has 0 bridgehead atoms. The van der Waals surface area contributed by atoms with E-state index in [0.29, 0.717) is 43.9 Å². The van der Waals surface area contributed by atoms with Gasteiger partial charge in [-0.05, 0) is 24.5 Å². The van der Waals surface area contributed by atoms with Crippen molar-refractivity contribution in [3.8, 4) is 11.3 Å². The molecule has 0 spiro atoms. The van der Waals surface area contributed by atoms with Crippen LogP contribution in [0.1, 0.15) is 27.3 Å². The predicted molar refractivity (Wildman–Crippen MR) is 87.1 cm³/mol. The number of hydrogen-bond donors (Lipinski definition) is 2. The van der Waals surface area contributed by atoms with E-state index < -0.39 is 17.6 Å². The summed E-state index contributed by atoms with van der Waals surface area (Å²) < 4.78 is 51.6. The summed E-state index contributed by atoms with van der Waals surface area (Å²) in [6.07, 6.45) is -2.60. The molecule has 0 aromatic carbocycles. The number of aryl methyl sites for hydroxylation is 2. The van der Waals surface area contributed by atoms with Crippen molar-refractivity contribution >= 4 is 5.91 Å². The topological polar surface area (TPSA) is 89.1 Å². The largest absolute Gasteiger partial charge is 0.417 e. The zero-order chi connectivity index (χ0) is 19.0. The maximum Gasteiger partial charge on any atom is 0.417 e. The molecule has 3 heterocycles. The molecule has 2 aromatic rings. The molecule has 1 saturated heterocycles. The zero-order valence-corrected chi connectivity index (χ0v) is 14.2. The van der Waals surface area contributed by atoms with Crippen LogP contribution in [-0.2, 0) is 28.5 Å². The van der Waals surface area contributed by atoms with Crippen LogP contribution in [0.4, 0.5) is 13.2 Å². The van der Waals surface area contributed by atoms with Gasteiger partial charge in [0.1, 0.15) is 5.69 Å². The fraction of sp³-hybridized carbons (Fsp3) is 0.471. The summed E-state index contributed by atoms with van der Waals surface area (Å²) in [5, 5.41) is 9.04. The minimum absolute atomic E-state index is 0.0261. The Labute approximate surface area is 152 Å². The number of nitrogens with zero attached hydrogens (tertiary/aromatic N) is 2. The number of carbonyl (C=O) groups is 1. The summed E-state index contributed by atoms with van der Waals surface area (Å²) in [6, 6.07) is 0.794. The number of ether oxygens (including phenoxy) is 2. The van der Waals surface area contributed by atoms with E-state index in [0.717, 1.165) is 6.07 Å². The van der Waals surface area contributed by atoms with Gasteiger partial charge in [0.05, 0.1) is 49.1 Å². The van der Waals surface area contributed by atoms with Crippen molar-refractivity contribution in [1.29, 1.82) is 0 Å². The summed E-state index contributed by atoms with van der Waals surface area (Å²) in [4.78, 5) is 16.6. The highest BCUT2D eigenvalue weighted by Gasteiger charge is 2.38. The lowest BCUT2D eigenvalue weighted by Crippen LogP contribution is -2.40. The van der Waals surface area contributed by atoms with Crippen LogP contribution in [0, 0.1) is 0 Å². The van der Waals surface area contributed by atoms with Crippen LogP contribution in [0.3, 0.4) is 0 Å². The van der Waals surface area contributed by atoms with E-state index in [-0.39, 0.29) is 29.6 Å². The van der Waals surface area contributed by atoms with E-state index in [4.69, 9.17) is 9.47 Å². The van der Waals surface area contributed by atoms with Crippen molar-refractivity contribution in [3.05, 3.63) is 34.8 Å². The molecule has 2 N–H and O–H groups in total. The zero-order valence-electron chi connectivity index (χ0n) is 14.2. The van der Waals surface area contributed by atoms with Crippen LogP contribution in [0.15, 0.2) is 12.3 Å². The fourth-order valence-corrected chi connectivity index (χ4v) is 3.32. The first-order valence-electron chi connectivity index (χ1n) is 8.54. The number of aromatic nitrogens is 3. The maximum absolute atomic E-state index is 13.7. The number of H-pyrrole nitrogens is 1. The molecule has 1 atom stereocenters. The molecule has 7 nitrogen and oxygen atoms in total. The summed E-state index contributed by atoms with van der Waals surface area (Å²) >= 11 is 0. The molecule has 0 saturated carbocycles. The maximum atomic E-state index is 13.7. The third-order valence-electron chi connectivity index (χ3n) is 4.61. The Balaban J connectivity index is 1.64. The highest BCUT2D eigenvalue weighted by Crippen LogP contribution is 2.41. The molecule has 27 heavy (non-hydrogen) atoms. The number of alkyl halides is 3. The molecule has 2 aliphatic rings. The van der Waals surface area contributed by atoms with Gasteiger partial charge in [-0.25, -0.2) is 4.98 Å². The number of halogens is 3. The van der Waals surface area contributed by atoms with Gasteiger partial charge >= 0.3 is 6.18 Å². The first-order valence-corrected chi connectivity index (χ1v) is 8.54. The third kappa shape index (κ3) is 3.54. The molecule has 1 aliphatic heterocycles. The number of hydrogen-bond acceptors (Lipinski definition) is 5.